The molecule has 0 aliphatic carbocycles. The number of carboxylic acids is 1. The molecule has 0 unspecified atom stereocenters. The maximum absolute atomic E-state index is 11.1. The van der Waals surface area contributed by atoms with Crippen LogP contribution in [0, 0.1) is 6.92 Å². The molecule has 0 bridgehead atoms. The minimum Gasteiger partial charge on any atom is -0.478 e. The average Bonchev–Trinajstić information content (AvgIpc) is 2.41. The number of nitrogens with zero attached hydrogens (tertiary/aromatic N) is 1. The SMILES string of the molecule is Cc1cn(C)c2c(C(=O)O)cc(Cl)cc12. The first-order valence-electron chi connectivity index (χ1n) is 4.49. The van der Waals surface area contributed by atoms with E-state index in [1.54, 1.807) is 6.07 Å². The summed E-state index contributed by atoms with van der Waals surface area (Å²) in [4.78, 5) is 11.1. The first-order chi connectivity index (χ1) is 7.00. The Morgan fingerprint density at radius 1 is 1.47 bits per heavy atom. The lowest BCUT2D eigenvalue weighted by molar-refractivity contribution is 0.0698. The Labute approximate surface area is 91.9 Å². The summed E-state index contributed by atoms with van der Waals surface area (Å²) in [5, 5.41) is 10.4. The van der Waals surface area contributed by atoms with Gasteiger partial charge in [-0.25, -0.2) is 4.79 Å². The van der Waals surface area contributed by atoms with Crippen LogP contribution >= 0.6 is 11.6 Å². The third-order valence-electron chi connectivity index (χ3n) is 2.47. The molecule has 3 nitrogen and oxygen atoms in total. The van der Waals surface area contributed by atoms with Crippen LogP contribution in [0.4, 0.5) is 0 Å². The van der Waals surface area contributed by atoms with Gasteiger partial charge in [-0.05, 0) is 24.6 Å². The standard InChI is InChI=1S/C11H10ClNO2/c1-6-5-13(2)10-8(6)3-7(12)4-9(10)11(14)15/h3-5H,1-2H3,(H,14,15). The number of rotatable bonds is 1. The van der Waals surface area contributed by atoms with Gasteiger partial charge in [0.15, 0.2) is 0 Å². The molecule has 1 aromatic heterocycles. The molecular weight excluding hydrogens is 214 g/mol. The van der Waals surface area contributed by atoms with E-state index in [4.69, 9.17) is 16.7 Å². The molecule has 2 aromatic rings. The number of carboxylic acid groups (broad SMARTS) is 1. The highest BCUT2D eigenvalue weighted by atomic mass is 35.5. The van der Waals surface area contributed by atoms with Crippen LogP contribution in [0.2, 0.25) is 5.02 Å². The predicted octanol–water partition coefficient (Wildman–Crippen LogP) is 2.84. The largest absolute Gasteiger partial charge is 0.478 e. The maximum Gasteiger partial charge on any atom is 0.337 e. The highest BCUT2D eigenvalue weighted by Gasteiger charge is 2.14. The van der Waals surface area contributed by atoms with Crippen LogP contribution < -0.4 is 0 Å². The van der Waals surface area contributed by atoms with Gasteiger partial charge < -0.3 is 9.67 Å². The number of benzene rings is 1. The second-order valence-electron chi connectivity index (χ2n) is 3.58. The van der Waals surface area contributed by atoms with Crippen LogP contribution in [-0.2, 0) is 7.05 Å². The van der Waals surface area contributed by atoms with E-state index in [0.29, 0.717) is 10.5 Å². The van der Waals surface area contributed by atoms with E-state index < -0.39 is 5.97 Å². The molecule has 0 radical (unpaired) electrons. The second kappa shape index (κ2) is 3.28. The summed E-state index contributed by atoms with van der Waals surface area (Å²) in [6, 6.07) is 3.27. The minimum absolute atomic E-state index is 0.244. The van der Waals surface area contributed by atoms with E-state index >= 15 is 0 Å². The fraction of sp³-hybridized carbons (Fsp3) is 0.182. The molecule has 15 heavy (non-hydrogen) atoms. The van der Waals surface area contributed by atoms with Gasteiger partial charge in [0.2, 0.25) is 0 Å². The molecule has 0 saturated heterocycles. The predicted molar refractivity (Wildman–Crippen MR) is 59.6 cm³/mol. The Morgan fingerprint density at radius 2 is 2.13 bits per heavy atom. The lowest BCUT2D eigenvalue weighted by Crippen LogP contribution is -2.00. The van der Waals surface area contributed by atoms with E-state index in [9.17, 15) is 4.79 Å². The van der Waals surface area contributed by atoms with Gasteiger partial charge in [-0.15, -0.1) is 0 Å². The Hall–Kier alpha value is -1.48. The lowest BCUT2D eigenvalue weighted by atomic mass is 10.1. The summed E-state index contributed by atoms with van der Waals surface area (Å²) in [6.45, 7) is 1.93. The zero-order valence-corrected chi connectivity index (χ0v) is 9.17. The van der Waals surface area contributed by atoms with E-state index in [2.05, 4.69) is 0 Å². The number of hydrogen-bond donors (Lipinski definition) is 1. The summed E-state index contributed by atoms with van der Waals surface area (Å²) >= 11 is 5.88. The quantitative estimate of drug-likeness (QED) is 0.808. The molecule has 0 spiro atoms. The van der Waals surface area contributed by atoms with Crippen molar-refractivity contribution in [2.75, 3.05) is 0 Å². The summed E-state index contributed by atoms with van der Waals surface area (Å²) in [5.41, 5.74) is 1.98. The lowest BCUT2D eigenvalue weighted by Gasteiger charge is -2.02. The third-order valence-corrected chi connectivity index (χ3v) is 2.69. The van der Waals surface area contributed by atoms with E-state index in [1.807, 2.05) is 24.7 Å². The van der Waals surface area contributed by atoms with Gasteiger partial charge in [-0.3, -0.25) is 0 Å². The fourth-order valence-corrected chi connectivity index (χ4v) is 2.09. The number of halogens is 1. The first-order valence-corrected chi connectivity index (χ1v) is 4.87. The Bertz CT molecular complexity index is 557. The van der Waals surface area contributed by atoms with Gasteiger partial charge in [0, 0.05) is 23.7 Å². The van der Waals surface area contributed by atoms with Crippen molar-refractivity contribution in [3.05, 3.63) is 34.5 Å². The van der Waals surface area contributed by atoms with Crippen molar-refractivity contribution >= 4 is 28.5 Å². The van der Waals surface area contributed by atoms with Crippen molar-refractivity contribution in [3.8, 4) is 0 Å². The normalized spacial score (nSPS) is 10.9. The van der Waals surface area contributed by atoms with Crippen molar-refractivity contribution in [2.24, 2.45) is 7.05 Å². The van der Waals surface area contributed by atoms with Crippen molar-refractivity contribution in [3.63, 3.8) is 0 Å². The van der Waals surface area contributed by atoms with Gasteiger partial charge >= 0.3 is 5.97 Å². The Balaban J connectivity index is 2.96. The number of aromatic nitrogens is 1. The van der Waals surface area contributed by atoms with Gasteiger partial charge in [-0.1, -0.05) is 11.6 Å². The smallest absolute Gasteiger partial charge is 0.337 e. The molecule has 0 aliphatic heterocycles. The van der Waals surface area contributed by atoms with E-state index in [0.717, 1.165) is 10.9 Å². The van der Waals surface area contributed by atoms with Crippen molar-refractivity contribution < 1.29 is 9.90 Å². The molecule has 0 fully saturated rings. The maximum atomic E-state index is 11.1. The van der Waals surface area contributed by atoms with Crippen LogP contribution in [0.25, 0.3) is 10.9 Å². The number of aromatic carboxylic acids is 1. The first kappa shape index (κ1) is 10.1. The zero-order valence-electron chi connectivity index (χ0n) is 8.41. The highest BCUT2D eigenvalue weighted by molar-refractivity contribution is 6.32. The van der Waals surface area contributed by atoms with Crippen LogP contribution in [-0.4, -0.2) is 15.6 Å². The van der Waals surface area contributed by atoms with Crippen LogP contribution in [0.15, 0.2) is 18.3 Å². The Morgan fingerprint density at radius 3 is 2.73 bits per heavy atom. The monoisotopic (exact) mass is 223 g/mol. The second-order valence-corrected chi connectivity index (χ2v) is 4.01. The minimum atomic E-state index is -0.955. The van der Waals surface area contributed by atoms with Crippen LogP contribution in [0.1, 0.15) is 15.9 Å². The molecule has 0 aliphatic rings. The summed E-state index contributed by atoms with van der Waals surface area (Å²) in [5.74, 6) is -0.955. The molecular formula is C11H10ClNO2. The van der Waals surface area contributed by atoms with Gasteiger partial charge in [0.25, 0.3) is 0 Å². The van der Waals surface area contributed by atoms with Gasteiger partial charge in [0.1, 0.15) is 0 Å². The third kappa shape index (κ3) is 1.49. The average molecular weight is 224 g/mol. The summed E-state index contributed by atoms with van der Waals surface area (Å²) in [6.07, 6.45) is 1.90. The van der Waals surface area contributed by atoms with Gasteiger partial charge in [0.05, 0.1) is 11.1 Å². The summed E-state index contributed by atoms with van der Waals surface area (Å²) in [7, 11) is 1.83. The molecule has 2 rings (SSSR count). The topological polar surface area (TPSA) is 42.2 Å². The van der Waals surface area contributed by atoms with Crippen molar-refractivity contribution in [2.45, 2.75) is 6.92 Å². The number of carbonyl (C=O) groups is 1. The molecule has 1 heterocycles. The van der Waals surface area contributed by atoms with Crippen molar-refractivity contribution in [1.82, 2.24) is 4.57 Å². The van der Waals surface area contributed by atoms with E-state index in [-0.39, 0.29) is 5.56 Å². The van der Waals surface area contributed by atoms with Gasteiger partial charge in [-0.2, -0.15) is 0 Å². The molecule has 0 atom stereocenters. The van der Waals surface area contributed by atoms with E-state index in [1.165, 1.54) is 6.07 Å². The summed E-state index contributed by atoms with van der Waals surface area (Å²) < 4.78 is 1.81. The number of hydrogen-bond acceptors (Lipinski definition) is 1. The number of aryl methyl sites for hydroxylation is 2. The number of fused-ring (bicyclic) bond motifs is 1. The molecule has 1 N–H and O–H groups in total. The van der Waals surface area contributed by atoms with Crippen LogP contribution in [0.3, 0.4) is 0 Å². The molecule has 0 saturated carbocycles. The Kier molecular flexibility index (Phi) is 2.20. The molecule has 0 amide bonds. The molecule has 78 valence electrons. The zero-order chi connectivity index (χ0) is 11.2. The fourth-order valence-electron chi connectivity index (χ4n) is 1.87. The molecule has 1 aromatic carbocycles. The van der Waals surface area contributed by atoms with Crippen molar-refractivity contribution in [1.29, 1.82) is 0 Å². The highest BCUT2D eigenvalue weighted by Crippen LogP contribution is 2.27. The molecule has 4 heteroatoms. The van der Waals surface area contributed by atoms with Crippen LogP contribution in [0.5, 0.6) is 0 Å².